The molecule has 2 aromatic rings. The van der Waals surface area contributed by atoms with E-state index in [1.54, 1.807) is 0 Å². The molecule has 0 saturated heterocycles. The first-order valence-corrected chi connectivity index (χ1v) is 8.00. The van der Waals surface area contributed by atoms with Gasteiger partial charge in [0.25, 0.3) is 0 Å². The lowest BCUT2D eigenvalue weighted by Gasteiger charge is -2.31. The summed E-state index contributed by atoms with van der Waals surface area (Å²) in [6, 6.07) is 10.9. The first kappa shape index (κ1) is 16.1. The molecular weight excluding hydrogens is 260 g/mol. The normalized spacial score (nSPS) is 13.4. The van der Waals surface area contributed by atoms with Gasteiger partial charge < -0.3 is 14.6 Å². The molecule has 1 unspecified atom stereocenters. The number of likely N-dealkylation sites (N-methyl/N-ethyl adjacent to an activating group) is 1. The van der Waals surface area contributed by atoms with E-state index in [-0.39, 0.29) is 0 Å². The van der Waals surface area contributed by atoms with E-state index in [0.717, 1.165) is 30.4 Å². The van der Waals surface area contributed by atoms with Crippen molar-refractivity contribution in [2.45, 2.75) is 39.3 Å². The quantitative estimate of drug-likeness (QED) is 0.799. The predicted octanol–water partition coefficient (Wildman–Crippen LogP) is 3.89. The van der Waals surface area contributed by atoms with Crippen molar-refractivity contribution in [3.8, 4) is 0 Å². The third-order valence-corrected chi connectivity index (χ3v) is 4.39. The van der Waals surface area contributed by atoms with Crippen molar-refractivity contribution in [2.24, 2.45) is 5.92 Å². The second kappa shape index (κ2) is 7.62. The van der Waals surface area contributed by atoms with Crippen molar-refractivity contribution in [1.29, 1.82) is 0 Å². The molecule has 3 heteroatoms. The van der Waals surface area contributed by atoms with Crippen LogP contribution in [-0.2, 0) is 6.54 Å². The zero-order valence-electron chi connectivity index (χ0n) is 13.7. The van der Waals surface area contributed by atoms with Crippen molar-refractivity contribution < 1.29 is 4.42 Å². The zero-order chi connectivity index (χ0) is 15.2. The van der Waals surface area contributed by atoms with E-state index in [1.165, 1.54) is 18.2 Å². The molecule has 0 aliphatic carbocycles. The Morgan fingerprint density at radius 3 is 2.48 bits per heavy atom. The third-order valence-electron chi connectivity index (χ3n) is 4.39. The van der Waals surface area contributed by atoms with Crippen molar-refractivity contribution in [1.82, 2.24) is 10.2 Å². The highest BCUT2D eigenvalue weighted by molar-refractivity contribution is 5.77. The molecule has 0 bridgehead atoms. The van der Waals surface area contributed by atoms with Gasteiger partial charge in [0.2, 0.25) is 0 Å². The van der Waals surface area contributed by atoms with Crippen LogP contribution in [0.1, 0.15) is 32.4 Å². The number of furan rings is 1. The summed E-state index contributed by atoms with van der Waals surface area (Å²) >= 11 is 0. The molecule has 0 radical (unpaired) electrons. The highest BCUT2D eigenvalue weighted by atomic mass is 16.3. The molecule has 1 heterocycles. The lowest BCUT2D eigenvalue weighted by Crippen LogP contribution is -2.42. The Kier molecular flexibility index (Phi) is 5.83. The summed E-state index contributed by atoms with van der Waals surface area (Å²) in [5, 5.41) is 4.74. The van der Waals surface area contributed by atoms with Crippen LogP contribution in [0.4, 0.5) is 0 Å². The number of nitrogens with zero attached hydrogens (tertiary/aromatic N) is 1. The number of benzene rings is 1. The summed E-state index contributed by atoms with van der Waals surface area (Å²) in [4.78, 5) is 2.34. The third kappa shape index (κ3) is 4.08. The van der Waals surface area contributed by atoms with Gasteiger partial charge in [0.15, 0.2) is 0 Å². The van der Waals surface area contributed by atoms with Crippen LogP contribution in [0.5, 0.6) is 0 Å². The maximum Gasteiger partial charge on any atom is 0.134 e. The van der Waals surface area contributed by atoms with Crippen LogP contribution in [0.15, 0.2) is 34.7 Å². The summed E-state index contributed by atoms with van der Waals surface area (Å²) < 4.78 is 5.85. The van der Waals surface area contributed by atoms with Gasteiger partial charge in [0.05, 0.1) is 6.54 Å². The number of fused-ring (bicyclic) bond motifs is 1. The first-order valence-electron chi connectivity index (χ1n) is 8.00. The molecule has 0 aliphatic heterocycles. The second-order valence-corrected chi connectivity index (χ2v) is 5.99. The van der Waals surface area contributed by atoms with Crippen molar-refractivity contribution >= 4 is 11.0 Å². The summed E-state index contributed by atoms with van der Waals surface area (Å²) in [5.41, 5.74) is 0.971. The van der Waals surface area contributed by atoms with E-state index >= 15 is 0 Å². The zero-order valence-corrected chi connectivity index (χ0v) is 13.7. The molecule has 2 rings (SSSR count). The van der Waals surface area contributed by atoms with Crippen LogP contribution in [0.25, 0.3) is 11.0 Å². The lowest BCUT2D eigenvalue weighted by atomic mass is 9.93. The van der Waals surface area contributed by atoms with Crippen LogP contribution in [0.3, 0.4) is 0 Å². The highest BCUT2D eigenvalue weighted by Crippen LogP contribution is 2.19. The molecule has 0 amide bonds. The molecular formula is C18H28N2O. The minimum Gasteiger partial charge on any atom is -0.460 e. The fourth-order valence-corrected chi connectivity index (χ4v) is 3.07. The summed E-state index contributed by atoms with van der Waals surface area (Å²) in [5.74, 6) is 1.75. The van der Waals surface area contributed by atoms with E-state index in [4.69, 9.17) is 4.42 Å². The maximum atomic E-state index is 5.85. The molecule has 1 aromatic heterocycles. The molecule has 0 fully saturated rings. The Balaban J connectivity index is 1.92. The van der Waals surface area contributed by atoms with Crippen LogP contribution in [0, 0.1) is 5.92 Å². The smallest absolute Gasteiger partial charge is 0.134 e. The molecule has 21 heavy (non-hydrogen) atoms. The predicted molar refractivity (Wildman–Crippen MR) is 89.5 cm³/mol. The molecule has 0 saturated carbocycles. The van der Waals surface area contributed by atoms with Crippen LogP contribution in [-0.4, -0.2) is 31.6 Å². The Morgan fingerprint density at radius 1 is 1.14 bits per heavy atom. The topological polar surface area (TPSA) is 28.4 Å². The van der Waals surface area contributed by atoms with Gasteiger partial charge in [-0.15, -0.1) is 0 Å². The van der Waals surface area contributed by atoms with E-state index < -0.39 is 0 Å². The standard InChI is InChI=1S/C18H28N2O/c1-5-14(6-2)17(20(3)4)13-19-12-16-11-15-9-7-8-10-18(15)21-16/h7-11,14,17,19H,5-6,12-13H2,1-4H3. The second-order valence-electron chi connectivity index (χ2n) is 5.99. The maximum absolute atomic E-state index is 5.85. The average Bonchev–Trinajstić information content (AvgIpc) is 2.89. The molecule has 1 aromatic carbocycles. The minimum absolute atomic E-state index is 0.573. The van der Waals surface area contributed by atoms with Crippen LogP contribution >= 0.6 is 0 Å². The highest BCUT2D eigenvalue weighted by Gasteiger charge is 2.20. The molecule has 0 spiro atoms. The average molecular weight is 288 g/mol. The van der Waals surface area contributed by atoms with Gasteiger partial charge in [-0.3, -0.25) is 0 Å². The van der Waals surface area contributed by atoms with Crippen LogP contribution in [0.2, 0.25) is 0 Å². The number of hydrogen-bond donors (Lipinski definition) is 1. The number of hydrogen-bond acceptors (Lipinski definition) is 3. The Labute approximate surface area is 128 Å². The van der Waals surface area contributed by atoms with Gasteiger partial charge in [-0.2, -0.15) is 0 Å². The summed E-state index contributed by atoms with van der Waals surface area (Å²) in [6.45, 7) is 6.35. The van der Waals surface area contributed by atoms with Gasteiger partial charge in [-0.25, -0.2) is 0 Å². The van der Waals surface area contributed by atoms with Gasteiger partial charge >= 0.3 is 0 Å². The molecule has 1 N–H and O–H groups in total. The van der Waals surface area contributed by atoms with E-state index in [2.05, 4.69) is 50.3 Å². The Hall–Kier alpha value is -1.32. The number of para-hydroxylation sites is 1. The fourth-order valence-electron chi connectivity index (χ4n) is 3.07. The summed E-state index contributed by atoms with van der Waals surface area (Å²) in [7, 11) is 4.34. The van der Waals surface area contributed by atoms with Crippen molar-refractivity contribution in [2.75, 3.05) is 20.6 Å². The molecule has 3 nitrogen and oxygen atoms in total. The van der Waals surface area contributed by atoms with E-state index in [0.29, 0.717) is 6.04 Å². The number of rotatable bonds is 8. The Bertz CT molecular complexity index is 510. The SMILES string of the molecule is CCC(CC)C(CNCc1cc2ccccc2o1)N(C)C. The van der Waals surface area contributed by atoms with Gasteiger partial charge in [-0.05, 0) is 32.1 Å². The van der Waals surface area contributed by atoms with Gasteiger partial charge in [0, 0.05) is 18.0 Å². The van der Waals surface area contributed by atoms with Gasteiger partial charge in [0.1, 0.15) is 11.3 Å². The first-order chi connectivity index (χ1) is 10.2. The molecule has 116 valence electrons. The fraction of sp³-hybridized carbons (Fsp3) is 0.556. The molecule has 0 aliphatic rings. The Morgan fingerprint density at radius 2 is 1.86 bits per heavy atom. The minimum atomic E-state index is 0.573. The largest absolute Gasteiger partial charge is 0.460 e. The van der Waals surface area contributed by atoms with Gasteiger partial charge in [-0.1, -0.05) is 44.9 Å². The molecule has 1 atom stereocenters. The van der Waals surface area contributed by atoms with Crippen LogP contribution < -0.4 is 5.32 Å². The van der Waals surface area contributed by atoms with Crippen molar-refractivity contribution in [3.63, 3.8) is 0 Å². The number of nitrogens with one attached hydrogen (secondary N) is 1. The lowest BCUT2D eigenvalue weighted by molar-refractivity contribution is 0.193. The summed E-state index contributed by atoms with van der Waals surface area (Å²) in [6.07, 6.45) is 2.46. The van der Waals surface area contributed by atoms with E-state index in [1.807, 2.05) is 18.2 Å². The van der Waals surface area contributed by atoms with Crippen molar-refractivity contribution in [3.05, 3.63) is 36.1 Å². The van der Waals surface area contributed by atoms with E-state index in [9.17, 15) is 0 Å². The monoisotopic (exact) mass is 288 g/mol.